The van der Waals surface area contributed by atoms with Gasteiger partial charge in [-0.2, -0.15) is 0 Å². The van der Waals surface area contributed by atoms with Gasteiger partial charge in [-0.1, -0.05) is 0 Å². The second-order valence-corrected chi connectivity index (χ2v) is 23.1. The molecule has 1 aliphatic rings. The van der Waals surface area contributed by atoms with E-state index in [0.717, 1.165) is 21.7 Å². The third-order valence-corrected chi connectivity index (χ3v) is 17.5. The Morgan fingerprint density at radius 3 is 1.56 bits per heavy atom. The van der Waals surface area contributed by atoms with Crippen molar-refractivity contribution >= 4 is 51.7 Å². The number of halogens is 2. The summed E-state index contributed by atoms with van der Waals surface area (Å²) in [6.45, 7) is 0. The molecule has 176 valence electrons. The van der Waals surface area contributed by atoms with Crippen molar-refractivity contribution < 1.29 is 14.2 Å². The quantitative estimate of drug-likeness (QED) is 0.266. The van der Waals surface area contributed by atoms with Crippen LogP contribution in [0.15, 0.2) is 120 Å². The van der Waals surface area contributed by atoms with Crippen LogP contribution in [0.25, 0.3) is 6.08 Å². The number of benzene rings is 3. The zero-order valence-electron chi connectivity index (χ0n) is 19.3. The molecule has 0 spiro atoms. The first-order valence-corrected chi connectivity index (χ1v) is 17.2. The number of hydrogen-bond acceptors (Lipinski definition) is 3. The number of methoxy groups -OCH3 is 3. The van der Waals surface area contributed by atoms with Gasteiger partial charge in [0.1, 0.15) is 0 Å². The maximum absolute atomic E-state index is 6.00. The molecular weight excluding hydrogens is 575 g/mol. The molecule has 3 aromatic rings. The third kappa shape index (κ3) is 4.26. The Labute approximate surface area is 217 Å². The molecule has 0 N–H and O–H groups in total. The van der Waals surface area contributed by atoms with Crippen molar-refractivity contribution in [2.45, 2.75) is 5.66 Å². The van der Waals surface area contributed by atoms with Crippen molar-refractivity contribution in [3.05, 3.63) is 125 Å². The average Bonchev–Trinajstić information content (AvgIpc) is 2.89. The van der Waals surface area contributed by atoms with Gasteiger partial charge in [0.05, 0.1) is 0 Å². The van der Waals surface area contributed by atoms with E-state index in [-0.39, 0.29) is 5.66 Å². The molecular formula is C28H27Br2O3P. The Morgan fingerprint density at radius 2 is 1.12 bits per heavy atom. The molecule has 1 unspecified atom stereocenters. The fourth-order valence-electron chi connectivity index (χ4n) is 4.38. The predicted octanol–water partition coefficient (Wildman–Crippen LogP) is 7.31. The Kier molecular flexibility index (Phi) is 7.37. The van der Waals surface area contributed by atoms with E-state index in [4.69, 9.17) is 14.2 Å². The molecule has 0 fully saturated rings. The monoisotopic (exact) mass is 600 g/mol. The number of hydrogen-bond donors (Lipinski definition) is 0. The molecule has 0 saturated carbocycles. The summed E-state index contributed by atoms with van der Waals surface area (Å²) in [4.78, 5) is 0. The van der Waals surface area contributed by atoms with Crippen molar-refractivity contribution in [2.24, 2.45) is 0 Å². The molecule has 3 aromatic carbocycles. The molecule has 1 aliphatic carbocycles. The van der Waals surface area contributed by atoms with Crippen molar-refractivity contribution in [2.75, 3.05) is 21.3 Å². The van der Waals surface area contributed by atoms with Gasteiger partial charge in [0.25, 0.3) is 0 Å². The second kappa shape index (κ2) is 10.1. The van der Waals surface area contributed by atoms with Gasteiger partial charge < -0.3 is 0 Å². The SMILES string of the molecule is COC1=CC(P(Br)(Br)(c2ccccc2)c2ccccc2)C(=Cc2ccccc2)C(OC)=C1OC. The molecule has 0 aliphatic heterocycles. The van der Waals surface area contributed by atoms with Crippen molar-refractivity contribution in [1.29, 1.82) is 0 Å². The Bertz CT molecular complexity index is 1190. The van der Waals surface area contributed by atoms with Crippen LogP contribution < -0.4 is 10.6 Å². The summed E-state index contributed by atoms with van der Waals surface area (Å²) in [5.74, 6) is 1.85. The Balaban J connectivity index is 2.09. The normalized spacial score (nSPS) is 18.6. The maximum atomic E-state index is 6.00. The Morgan fingerprint density at radius 1 is 0.647 bits per heavy atom. The van der Waals surface area contributed by atoms with Gasteiger partial charge in [-0.3, -0.25) is 0 Å². The van der Waals surface area contributed by atoms with E-state index in [1.807, 2.05) is 30.3 Å². The third-order valence-electron chi connectivity index (χ3n) is 6.02. The van der Waals surface area contributed by atoms with Crippen LogP contribution >= 0.6 is 35.0 Å². The van der Waals surface area contributed by atoms with Crippen LogP contribution in [-0.4, -0.2) is 27.0 Å². The first-order chi connectivity index (χ1) is 16.4. The van der Waals surface area contributed by atoms with Gasteiger partial charge in [0.15, 0.2) is 0 Å². The van der Waals surface area contributed by atoms with Crippen LogP contribution in [-0.2, 0) is 14.2 Å². The zero-order chi connectivity index (χ0) is 24.2. The minimum atomic E-state index is -3.26. The molecule has 0 bridgehead atoms. The molecule has 0 saturated heterocycles. The van der Waals surface area contributed by atoms with Crippen molar-refractivity contribution in [3.63, 3.8) is 0 Å². The van der Waals surface area contributed by atoms with Crippen LogP contribution in [0.5, 0.6) is 0 Å². The predicted molar refractivity (Wildman–Crippen MR) is 151 cm³/mol. The molecule has 34 heavy (non-hydrogen) atoms. The van der Waals surface area contributed by atoms with Gasteiger partial charge in [0, 0.05) is 0 Å². The molecule has 0 aromatic heterocycles. The van der Waals surface area contributed by atoms with Gasteiger partial charge in [-0.25, -0.2) is 0 Å². The summed E-state index contributed by atoms with van der Waals surface area (Å²) in [7, 11) is 4.97. The molecule has 0 heterocycles. The summed E-state index contributed by atoms with van der Waals surface area (Å²) in [6, 6.07) is 31.3. The van der Waals surface area contributed by atoms with Gasteiger partial charge in [0.2, 0.25) is 0 Å². The van der Waals surface area contributed by atoms with E-state index < -0.39 is 4.01 Å². The van der Waals surface area contributed by atoms with E-state index >= 15 is 0 Å². The van der Waals surface area contributed by atoms with E-state index in [1.54, 1.807) is 21.3 Å². The van der Waals surface area contributed by atoms with Gasteiger partial charge in [-0.05, 0) is 0 Å². The summed E-state index contributed by atoms with van der Waals surface area (Å²) in [5, 5.41) is 2.32. The topological polar surface area (TPSA) is 27.7 Å². The van der Waals surface area contributed by atoms with Gasteiger partial charge >= 0.3 is 218 Å². The number of rotatable bonds is 7. The average molecular weight is 602 g/mol. The second-order valence-electron chi connectivity index (χ2n) is 7.89. The molecule has 0 amide bonds. The first-order valence-electron chi connectivity index (χ1n) is 10.9. The molecule has 1 atom stereocenters. The van der Waals surface area contributed by atoms with Crippen LogP contribution in [0.4, 0.5) is 0 Å². The van der Waals surface area contributed by atoms with E-state index in [2.05, 4.69) is 104 Å². The van der Waals surface area contributed by atoms with Gasteiger partial charge in [-0.15, -0.1) is 0 Å². The van der Waals surface area contributed by atoms with Crippen LogP contribution in [0.1, 0.15) is 5.56 Å². The summed E-state index contributed by atoms with van der Waals surface area (Å²) in [6.07, 6.45) is 4.30. The Hall–Kier alpha value is -2.33. The molecule has 4 rings (SSSR count). The molecule has 3 nitrogen and oxygen atoms in total. The summed E-state index contributed by atoms with van der Waals surface area (Å²) in [5.41, 5.74) is 1.90. The van der Waals surface area contributed by atoms with E-state index in [0.29, 0.717) is 17.3 Å². The fraction of sp³-hybridized carbons (Fsp3) is 0.143. The number of ether oxygens (including phenoxy) is 3. The zero-order valence-corrected chi connectivity index (χ0v) is 23.4. The first kappa shape index (κ1) is 24.8. The van der Waals surface area contributed by atoms with Crippen molar-refractivity contribution in [3.8, 4) is 0 Å². The fourth-order valence-corrected chi connectivity index (χ4v) is 12.7. The van der Waals surface area contributed by atoms with Crippen LogP contribution in [0.3, 0.4) is 0 Å². The summed E-state index contributed by atoms with van der Waals surface area (Å²) >= 11 is 8.73. The molecule has 0 radical (unpaired) electrons. The van der Waals surface area contributed by atoms with Crippen LogP contribution in [0.2, 0.25) is 0 Å². The van der Waals surface area contributed by atoms with E-state index in [1.165, 1.54) is 0 Å². The van der Waals surface area contributed by atoms with Crippen molar-refractivity contribution in [1.82, 2.24) is 0 Å². The van der Waals surface area contributed by atoms with E-state index in [9.17, 15) is 0 Å². The molecule has 6 heteroatoms. The number of allylic oxidation sites excluding steroid dienone is 2. The minimum absolute atomic E-state index is 0.167. The standard InChI is InChI=1S/C28H27Br2O3P/c1-31-25-20-26(24(27(32-2)28(25)33-3)19-21-13-7-4-8-14-21)34(29,30,22-15-9-5-10-16-22)23-17-11-6-12-18-23/h4-20,26H,1-3H3. The summed E-state index contributed by atoms with van der Waals surface area (Å²) < 4.78 is 14.3. The van der Waals surface area contributed by atoms with Crippen LogP contribution in [0, 0.1) is 0 Å².